The molecule has 2 rings (SSSR count). The molecule has 0 saturated heterocycles. The summed E-state index contributed by atoms with van der Waals surface area (Å²) in [5.41, 5.74) is -0.0739. The molecule has 1 saturated carbocycles. The Morgan fingerprint density at radius 3 is 2.25 bits per heavy atom. The second-order valence-corrected chi connectivity index (χ2v) is 4.78. The summed E-state index contributed by atoms with van der Waals surface area (Å²) in [5.74, 6) is 0. The van der Waals surface area contributed by atoms with Crippen molar-refractivity contribution < 1.29 is 9.18 Å². The van der Waals surface area contributed by atoms with Gasteiger partial charge in [-0.3, -0.25) is 0 Å². The molecule has 16 heavy (non-hydrogen) atoms. The van der Waals surface area contributed by atoms with Gasteiger partial charge in [-0.1, -0.05) is 24.3 Å². The van der Waals surface area contributed by atoms with Crippen molar-refractivity contribution in [3.63, 3.8) is 0 Å². The van der Waals surface area contributed by atoms with Gasteiger partial charge in [0.15, 0.2) is 0 Å². The molecule has 0 N–H and O–H groups in total. The van der Waals surface area contributed by atoms with Crippen LogP contribution in [0.25, 0.3) is 0 Å². The summed E-state index contributed by atoms with van der Waals surface area (Å²) in [6, 6.07) is 7.22. The second kappa shape index (κ2) is 3.53. The second-order valence-electron chi connectivity index (χ2n) is 4.78. The highest BCUT2D eigenvalue weighted by Crippen LogP contribution is 2.49. The van der Waals surface area contributed by atoms with Gasteiger partial charge < -0.3 is 0 Å². The van der Waals surface area contributed by atoms with Crippen LogP contribution in [-0.2, 0) is 16.0 Å². The molecule has 84 valence electrons. The number of hydrogen-bond donors (Lipinski definition) is 0. The summed E-state index contributed by atoms with van der Waals surface area (Å²) in [6.45, 7) is 3.05. The fourth-order valence-electron chi connectivity index (χ4n) is 1.85. The van der Waals surface area contributed by atoms with Gasteiger partial charge in [-0.05, 0) is 37.8 Å². The third-order valence-corrected chi connectivity index (χ3v) is 3.09. The Kier molecular flexibility index (Phi) is 2.43. The van der Waals surface area contributed by atoms with Crippen molar-refractivity contribution in [2.24, 2.45) is 4.99 Å². The quantitative estimate of drug-likeness (QED) is 0.567. The van der Waals surface area contributed by atoms with Crippen molar-refractivity contribution >= 4 is 6.08 Å². The summed E-state index contributed by atoms with van der Waals surface area (Å²) in [4.78, 5) is 14.1. The van der Waals surface area contributed by atoms with E-state index in [4.69, 9.17) is 0 Å². The Morgan fingerprint density at radius 2 is 1.88 bits per heavy atom. The number of halogens is 1. The number of aliphatic imine (C=N–C) groups is 1. The van der Waals surface area contributed by atoms with E-state index in [-0.39, 0.29) is 5.54 Å². The van der Waals surface area contributed by atoms with Crippen LogP contribution in [0.4, 0.5) is 4.39 Å². The first kappa shape index (κ1) is 11.0. The van der Waals surface area contributed by atoms with Crippen LogP contribution in [-0.4, -0.2) is 6.08 Å². The zero-order valence-corrected chi connectivity index (χ0v) is 9.46. The number of isocyanates is 1. The standard InChI is InChI=1S/C13H14FNO/c1-12(2,14)10-3-5-11(6-4-10)13(7-8-13)15-9-16/h3-6H,7-8H2,1-2H3. The average molecular weight is 219 g/mol. The van der Waals surface area contributed by atoms with E-state index >= 15 is 0 Å². The summed E-state index contributed by atoms with van der Waals surface area (Å²) in [6.07, 6.45) is 3.37. The normalized spacial score (nSPS) is 17.7. The van der Waals surface area contributed by atoms with E-state index < -0.39 is 5.67 Å². The van der Waals surface area contributed by atoms with Crippen LogP contribution in [0.3, 0.4) is 0 Å². The smallest absolute Gasteiger partial charge is 0.235 e. The zero-order valence-electron chi connectivity index (χ0n) is 9.46. The van der Waals surface area contributed by atoms with Gasteiger partial charge in [-0.25, -0.2) is 9.18 Å². The Hall–Kier alpha value is -1.47. The van der Waals surface area contributed by atoms with Gasteiger partial charge in [0.25, 0.3) is 0 Å². The molecular weight excluding hydrogens is 205 g/mol. The van der Waals surface area contributed by atoms with Crippen molar-refractivity contribution in [2.45, 2.75) is 37.9 Å². The van der Waals surface area contributed by atoms with Crippen LogP contribution in [0.2, 0.25) is 0 Å². The van der Waals surface area contributed by atoms with E-state index in [2.05, 4.69) is 4.99 Å². The van der Waals surface area contributed by atoms with E-state index in [1.165, 1.54) is 13.8 Å². The minimum Gasteiger partial charge on any atom is -0.239 e. The molecule has 1 aromatic rings. The van der Waals surface area contributed by atoms with E-state index in [0.29, 0.717) is 5.56 Å². The third-order valence-electron chi connectivity index (χ3n) is 3.09. The Bertz CT molecular complexity index is 434. The highest BCUT2D eigenvalue weighted by Gasteiger charge is 2.44. The van der Waals surface area contributed by atoms with Crippen LogP contribution in [0.1, 0.15) is 37.8 Å². The van der Waals surface area contributed by atoms with Crippen molar-refractivity contribution in [2.75, 3.05) is 0 Å². The van der Waals surface area contributed by atoms with Crippen LogP contribution in [0.5, 0.6) is 0 Å². The maximum atomic E-state index is 13.6. The summed E-state index contributed by atoms with van der Waals surface area (Å²) in [7, 11) is 0. The molecule has 0 unspecified atom stereocenters. The topological polar surface area (TPSA) is 29.4 Å². The van der Waals surface area contributed by atoms with Crippen LogP contribution < -0.4 is 0 Å². The third kappa shape index (κ3) is 1.91. The molecule has 0 atom stereocenters. The lowest BCUT2D eigenvalue weighted by atomic mass is 9.96. The highest BCUT2D eigenvalue weighted by molar-refractivity contribution is 5.42. The fraction of sp³-hybridized carbons (Fsp3) is 0.462. The summed E-state index contributed by atoms with van der Waals surface area (Å²) in [5, 5.41) is 0. The van der Waals surface area contributed by atoms with Gasteiger partial charge >= 0.3 is 0 Å². The van der Waals surface area contributed by atoms with Gasteiger partial charge in [-0.2, -0.15) is 4.99 Å². The molecule has 2 nitrogen and oxygen atoms in total. The zero-order chi connectivity index (χ0) is 11.8. The van der Waals surface area contributed by atoms with Gasteiger partial charge in [0, 0.05) is 0 Å². The lowest BCUT2D eigenvalue weighted by molar-refractivity contribution is 0.221. The first-order chi connectivity index (χ1) is 7.48. The van der Waals surface area contributed by atoms with E-state index in [1.54, 1.807) is 18.2 Å². The number of alkyl halides is 1. The van der Waals surface area contributed by atoms with E-state index in [0.717, 1.165) is 18.4 Å². The fourth-order valence-corrected chi connectivity index (χ4v) is 1.85. The first-order valence-corrected chi connectivity index (χ1v) is 5.37. The van der Waals surface area contributed by atoms with Crippen molar-refractivity contribution in [3.8, 4) is 0 Å². The number of rotatable bonds is 3. The predicted octanol–water partition coefficient (Wildman–Crippen LogP) is 3.22. The average Bonchev–Trinajstić information content (AvgIpc) is 2.99. The molecular formula is C13H14FNO. The van der Waals surface area contributed by atoms with Gasteiger partial charge in [0.1, 0.15) is 5.67 Å². The van der Waals surface area contributed by atoms with Gasteiger partial charge in [-0.15, -0.1) is 0 Å². The van der Waals surface area contributed by atoms with Crippen LogP contribution >= 0.6 is 0 Å². The SMILES string of the molecule is CC(C)(F)c1ccc(C2(N=C=O)CC2)cc1. The molecule has 3 heteroatoms. The monoisotopic (exact) mass is 219 g/mol. The molecule has 1 aliphatic rings. The Labute approximate surface area is 94.2 Å². The molecule has 0 spiro atoms. The van der Waals surface area contributed by atoms with Crippen molar-refractivity contribution in [1.29, 1.82) is 0 Å². The first-order valence-electron chi connectivity index (χ1n) is 5.37. The summed E-state index contributed by atoms with van der Waals surface area (Å²) >= 11 is 0. The maximum absolute atomic E-state index is 13.6. The lowest BCUT2D eigenvalue weighted by Gasteiger charge is -2.16. The minimum atomic E-state index is -1.33. The molecule has 1 fully saturated rings. The molecule has 1 aromatic carbocycles. The van der Waals surface area contributed by atoms with Gasteiger partial charge in [0.2, 0.25) is 6.08 Å². The minimum absolute atomic E-state index is 0.360. The number of benzene rings is 1. The molecule has 0 aromatic heterocycles. The molecule has 1 aliphatic carbocycles. The van der Waals surface area contributed by atoms with Crippen LogP contribution in [0, 0.1) is 0 Å². The maximum Gasteiger partial charge on any atom is 0.235 e. The van der Waals surface area contributed by atoms with Gasteiger partial charge in [0.05, 0.1) is 5.54 Å². The molecule has 0 heterocycles. The molecule has 0 amide bonds. The molecule has 0 bridgehead atoms. The lowest BCUT2D eigenvalue weighted by Crippen LogP contribution is -2.10. The largest absolute Gasteiger partial charge is 0.239 e. The number of carbonyl (C=O) groups excluding carboxylic acids is 1. The molecule has 0 radical (unpaired) electrons. The highest BCUT2D eigenvalue weighted by atomic mass is 19.1. The van der Waals surface area contributed by atoms with Crippen molar-refractivity contribution in [1.82, 2.24) is 0 Å². The predicted molar refractivity (Wildman–Crippen MR) is 59.6 cm³/mol. The van der Waals surface area contributed by atoms with Crippen molar-refractivity contribution in [3.05, 3.63) is 35.4 Å². The Morgan fingerprint density at radius 1 is 1.31 bits per heavy atom. The number of nitrogens with zero attached hydrogens (tertiary/aromatic N) is 1. The van der Waals surface area contributed by atoms with E-state index in [1.807, 2.05) is 12.1 Å². The van der Waals surface area contributed by atoms with Crippen LogP contribution in [0.15, 0.2) is 29.3 Å². The number of hydrogen-bond acceptors (Lipinski definition) is 2. The van der Waals surface area contributed by atoms with E-state index in [9.17, 15) is 9.18 Å². The summed E-state index contributed by atoms with van der Waals surface area (Å²) < 4.78 is 13.6. The molecule has 0 aliphatic heterocycles. The Balaban J connectivity index is 2.30.